The SMILES string of the molecule is CCN1CCC(CNc2nc3ccc(F)cc3s2)C1. The van der Waals surface area contributed by atoms with Crippen molar-refractivity contribution in [2.24, 2.45) is 5.92 Å². The van der Waals surface area contributed by atoms with Gasteiger partial charge in [0.15, 0.2) is 5.13 Å². The monoisotopic (exact) mass is 279 g/mol. The predicted molar refractivity (Wildman–Crippen MR) is 78.3 cm³/mol. The first-order valence-corrected chi connectivity index (χ1v) is 7.58. The fraction of sp³-hybridized carbons (Fsp3) is 0.500. The first-order chi connectivity index (χ1) is 9.24. The molecule has 2 heterocycles. The number of fused-ring (bicyclic) bond motifs is 1. The summed E-state index contributed by atoms with van der Waals surface area (Å²) in [5, 5.41) is 4.30. The number of aromatic nitrogens is 1. The van der Waals surface area contributed by atoms with Gasteiger partial charge in [-0.15, -0.1) is 0 Å². The van der Waals surface area contributed by atoms with Crippen LogP contribution < -0.4 is 5.32 Å². The Morgan fingerprint density at radius 1 is 1.53 bits per heavy atom. The summed E-state index contributed by atoms with van der Waals surface area (Å²) in [4.78, 5) is 6.95. The van der Waals surface area contributed by atoms with Gasteiger partial charge in [-0.3, -0.25) is 0 Å². The van der Waals surface area contributed by atoms with Crippen molar-refractivity contribution in [3.8, 4) is 0 Å². The number of benzene rings is 1. The molecule has 1 fully saturated rings. The van der Waals surface area contributed by atoms with Gasteiger partial charge in [-0.05, 0) is 43.6 Å². The van der Waals surface area contributed by atoms with Gasteiger partial charge >= 0.3 is 0 Å². The summed E-state index contributed by atoms with van der Waals surface area (Å²) >= 11 is 1.53. The third kappa shape index (κ3) is 2.87. The van der Waals surface area contributed by atoms with Crippen molar-refractivity contribution in [1.29, 1.82) is 0 Å². The van der Waals surface area contributed by atoms with Crippen molar-refractivity contribution in [2.45, 2.75) is 13.3 Å². The lowest BCUT2D eigenvalue weighted by atomic mass is 10.1. The third-order valence-electron chi connectivity index (χ3n) is 3.71. The van der Waals surface area contributed by atoms with E-state index in [1.165, 1.54) is 36.9 Å². The lowest BCUT2D eigenvalue weighted by Crippen LogP contribution is -2.22. The highest BCUT2D eigenvalue weighted by Crippen LogP contribution is 2.27. The Morgan fingerprint density at radius 3 is 3.21 bits per heavy atom. The quantitative estimate of drug-likeness (QED) is 0.931. The second kappa shape index (κ2) is 5.43. The molecule has 0 spiro atoms. The Kier molecular flexibility index (Phi) is 3.66. The summed E-state index contributed by atoms with van der Waals surface area (Å²) in [6.45, 7) is 6.67. The second-order valence-electron chi connectivity index (χ2n) is 5.06. The van der Waals surface area contributed by atoms with Gasteiger partial charge in [-0.25, -0.2) is 9.37 Å². The first kappa shape index (κ1) is 12.8. The minimum atomic E-state index is -0.197. The average molecular weight is 279 g/mol. The number of thiazole rings is 1. The molecule has 1 unspecified atom stereocenters. The van der Waals surface area contributed by atoms with Crippen molar-refractivity contribution in [2.75, 3.05) is 31.5 Å². The molecule has 1 aromatic carbocycles. The van der Waals surface area contributed by atoms with E-state index in [-0.39, 0.29) is 5.82 Å². The lowest BCUT2D eigenvalue weighted by molar-refractivity contribution is 0.345. The minimum Gasteiger partial charge on any atom is -0.361 e. The van der Waals surface area contributed by atoms with Crippen LogP contribution in [0.2, 0.25) is 0 Å². The van der Waals surface area contributed by atoms with Crippen LogP contribution in [0.4, 0.5) is 9.52 Å². The molecule has 1 aliphatic heterocycles. The van der Waals surface area contributed by atoms with Crippen molar-refractivity contribution >= 4 is 26.7 Å². The molecule has 2 aromatic rings. The molecule has 1 aromatic heterocycles. The number of nitrogens with one attached hydrogen (secondary N) is 1. The van der Waals surface area contributed by atoms with Gasteiger partial charge in [0.05, 0.1) is 10.2 Å². The third-order valence-corrected chi connectivity index (χ3v) is 4.69. The number of halogens is 1. The van der Waals surface area contributed by atoms with Crippen LogP contribution in [0.5, 0.6) is 0 Å². The van der Waals surface area contributed by atoms with Gasteiger partial charge in [0.25, 0.3) is 0 Å². The first-order valence-electron chi connectivity index (χ1n) is 6.77. The molecule has 0 saturated carbocycles. The topological polar surface area (TPSA) is 28.2 Å². The van der Waals surface area contributed by atoms with Crippen molar-refractivity contribution in [3.05, 3.63) is 24.0 Å². The van der Waals surface area contributed by atoms with Crippen molar-refractivity contribution in [1.82, 2.24) is 9.88 Å². The fourth-order valence-corrected chi connectivity index (χ4v) is 3.47. The molecule has 1 N–H and O–H groups in total. The van der Waals surface area contributed by atoms with Gasteiger partial charge in [0.2, 0.25) is 0 Å². The molecule has 102 valence electrons. The maximum atomic E-state index is 13.1. The highest BCUT2D eigenvalue weighted by molar-refractivity contribution is 7.22. The van der Waals surface area contributed by atoms with E-state index < -0.39 is 0 Å². The van der Waals surface area contributed by atoms with Crippen LogP contribution in [0.25, 0.3) is 10.2 Å². The number of hydrogen-bond acceptors (Lipinski definition) is 4. The van der Waals surface area contributed by atoms with Crippen LogP contribution in [-0.2, 0) is 0 Å². The summed E-state index contributed by atoms with van der Waals surface area (Å²) in [7, 11) is 0. The van der Waals surface area contributed by atoms with Gasteiger partial charge in [-0.2, -0.15) is 0 Å². The highest BCUT2D eigenvalue weighted by atomic mass is 32.1. The molecule has 0 aliphatic carbocycles. The molecule has 19 heavy (non-hydrogen) atoms. The molecule has 0 amide bonds. The Hall–Kier alpha value is -1.20. The molecule has 0 radical (unpaired) electrons. The van der Waals surface area contributed by atoms with Crippen LogP contribution in [0.3, 0.4) is 0 Å². The molecule has 1 atom stereocenters. The van der Waals surface area contributed by atoms with Crippen molar-refractivity contribution < 1.29 is 4.39 Å². The summed E-state index contributed by atoms with van der Waals surface area (Å²) in [6.07, 6.45) is 1.25. The van der Waals surface area contributed by atoms with E-state index in [0.29, 0.717) is 5.92 Å². The lowest BCUT2D eigenvalue weighted by Gasteiger charge is -2.13. The standard InChI is InChI=1S/C14H18FN3S/c1-2-18-6-5-10(9-18)8-16-14-17-12-4-3-11(15)7-13(12)19-14/h3-4,7,10H,2,5-6,8-9H2,1H3,(H,16,17). The van der Waals surface area contributed by atoms with Crippen LogP contribution in [-0.4, -0.2) is 36.1 Å². The predicted octanol–water partition coefficient (Wildman–Crippen LogP) is 3.19. The smallest absolute Gasteiger partial charge is 0.183 e. The van der Waals surface area contributed by atoms with E-state index in [1.54, 1.807) is 12.1 Å². The largest absolute Gasteiger partial charge is 0.361 e. The molecule has 3 nitrogen and oxygen atoms in total. The van der Waals surface area contributed by atoms with Gasteiger partial charge < -0.3 is 10.2 Å². The molecule has 3 rings (SSSR count). The average Bonchev–Trinajstić information content (AvgIpc) is 3.01. The van der Waals surface area contributed by atoms with Crippen LogP contribution in [0.15, 0.2) is 18.2 Å². The number of nitrogens with zero attached hydrogens (tertiary/aromatic N) is 2. The number of anilines is 1. The summed E-state index contributed by atoms with van der Waals surface area (Å²) in [5.41, 5.74) is 0.871. The maximum Gasteiger partial charge on any atom is 0.183 e. The van der Waals surface area contributed by atoms with Crippen molar-refractivity contribution in [3.63, 3.8) is 0 Å². The Labute approximate surface area is 116 Å². The molecule has 1 saturated heterocycles. The molecular weight excluding hydrogens is 261 g/mol. The molecular formula is C14H18FN3S. The number of rotatable bonds is 4. The van der Waals surface area contributed by atoms with E-state index in [4.69, 9.17) is 0 Å². The summed E-state index contributed by atoms with van der Waals surface area (Å²) < 4.78 is 14.0. The fourth-order valence-electron chi connectivity index (χ4n) is 2.57. The van der Waals surface area contributed by atoms with E-state index in [0.717, 1.165) is 28.4 Å². The van der Waals surface area contributed by atoms with Gasteiger partial charge in [0.1, 0.15) is 5.82 Å². The maximum absolute atomic E-state index is 13.1. The van der Waals surface area contributed by atoms with Crippen LogP contribution in [0, 0.1) is 11.7 Å². The summed E-state index contributed by atoms with van der Waals surface area (Å²) in [5.74, 6) is 0.501. The Bertz CT molecular complexity index is 569. The van der Waals surface area contributed by atoms with E-state index in [2.05, 4.69) is 22.1 Å². The minimum absolute atomic E-state index is 0.197. The van der Waals surface area contributed by atoms with Gasteiger partial charge in [-0.1, -0.05) is 18.3 Å². The molecule has 5 heteroatoms. The molecule has 1 aliphatic rings. The van der Waals surface area contributed by atoms with Crippen LogP contribution in [0.1, 0.15) is 13.3 Å². The van der Waals surface area contributed by atoms with E-state index in [1.807, 2.05) is 0 Å². The Morgan fingerprint density at radius 2 is 2.42 bits per heavy atom. The Balaban J connectivity index is 1.62. The number of likely N-dealkylation sites (tertiary alicyclic amines) is 1. The zero-order valence-corrected chi connectivity index (χ0v) is 11.8. The highest BCUT2D eigenvalue weighted by Gasteiger charge is 2.21. The van der Waals surface area contributed by atoms with Gasteiger partial charge in [0, 0.05) is 13.1 Å². The van der Waals surface area contributed by atoms with Crippen LogP contribution >= 0.6 is 11.3 Å². The summed E-state index contributed by atoms with van der Waals surface area (Å²) in [6, 6.07) is 4.75. The van der Waals surface area contributed by atoms with E-state index >= 15 is 0 Å². The van der Waals surface area contributed by atoms with E-state index in [9.17, 15) is 4.39 Å². The second-order valence-corrected chi connectivity index (χ2v) is 6.09. The normalized spacial score (nSPS) is 20.2. The molecule has 0 bridgehead atoms. The number of hydrogen-bond donors (Lipinski definition) is 1. The zero-order valence-electron chi connectivity index (χ0n) is 11.0. The zero-order chi connectivity index (χ0) is 13.2.